The molecule has 0 aromatic carbocycles. The first kappa shape index (κ1) is 26.6. The summed E-state index contributed by atoms with van der Waals surface area (Å²) < 4.78 is 5.44. The van der Waals surface area contributed by atoms with Gasteiger partial charge in [-0.05, 0) is 84.4 Å². The van der Waals surface area contributed by atoms with E-state index < -0.39 is 16.2 Å². The third-order valence-electron chi connectivity index (χ3n) is 13.4. The molecule has 5 heteroatoms. The molecule has 0 spiro atoms. The molecule has 0 aliphatic heterocycles. The second kappa shape index (κ2) is 8.03. The molecule has 5 aliphatic carbocycles. The second-order valence-electron chi connectivity index (χ2n) is 14.7. The number of fused-ring (bicyclic) bond motifs is 7. The zero-order valence-electron chi connectivity index (χ0n) is 24.1. The molecule has 37 heavy (non-hydrogen) atoms. The van der Waals surface area contributed by atoms with Gasteiger partial charge in [0, 0.05) is 17.8 Å². The zero-order chi connectivity index (χ0) is 27.3. The van der Waals surface area contributed by atoms with Crippen LogP contribution < -0.4 is 0 Å². The number of methoxy groups -OCH3 is 1. The van der Waals surface area contributed by atoms with Gasteiger partial charge in [0.1, 0.15) is 5.78 Å². The molecule has 5 rings (SSSR count). The minimum absolute atomic E-state index is 0.00280. The number of allylic oxidation sites excluding steroid dienone is 2. The minimum Gasteiger partial charge on any atom is -0.469 e. The van der Waals surface area contributed by atoms with Crippen molar-refractivity contribution >= 4 is 17.5 Å². The van der Waals surface area contributed by atoms with E-state index >= 15 is 0 Å². The highest BCUT2D eigenvalue weighted by Crippen LogP contribution is 2.75. The quantitative estimate of drug-likeness (QED) is 0.294. The number of nitrogens with zero attached hydrogens (tertiary/aromatic N) is 1. The number of ether oxygens (including phenoxy) is 1. The van der Waals surface area contributed by atoms with Crippen LogP contribution in [0.5, 0.6) is 0 Å². The monoisotopic (exact) mass is 507 g/mol. The number of hydrogen-bond acceptors (Lipinski definition) is 4. The Bertz CT molecular complexity index is 1130. The normalized spacial score (nSPS) is 50.4. The van der Waals surface area contributed by atoms with E-state index in [0.717, 1.165) is 38.5 Å². The topological polar surface area (TPSA) is 64.8 Å². The molecule has 4 saturated carbocycles. The average molecular weight is 508 g/mol. The summed E-state index contributed by atoms with van der Waals surface area (Å²) in [4.78, 5) is 44.8. The lowest BCUT2D eigenvalue weighted by Gasteiger charge is -2.72. The van der Waals surface area contributed by atoms with E-state index in [0.29, 0.717) is 18.1 Å². The van der Waals surface area contributed by atoms with Crippen molar-refractivity contribution in [1.82, 2.24) is 0 Å². The molecule has 0 bridgehead atoms. The minimum atomic E-state index is -0.620. The third-order valence-corrected chi connectivity index (χ3v) is 13.4. The van der Waals surface area contributed by atoms with Crippen molar-refractivity contribution in [3.05, 3.63) is 23.2 Å². The smallest absolute Gasteiger partial charge is 0.312 e. The number of ketones is 2. The molecule has 0 radical (unpaired) electrons. The SMILES string of the molecule is [C-]#[N+]C1=C[C@]2(C)[C@H]3CC(=O)[C@@H]4[C@@H]5[C@@H](C)[C@H](C)CC[C@]5(C(=O)OC)CC[C@@]4(C)[C@]3(C)CC[C@H]2C(C)(C)C1=O. The summed E-state index contributed by atoms with van der Waals surface area (Å²) in [5.41, 5.74) is -1.70. The van der Waals surface area contributed by atoms with Gasteiger partial charge in [-0.15, -0.1) is 0 Å². The summed E-state index contributed by atoms with van der Waals surface area (Å²) in [6.45, 7) is 23.3. The van der Waals surface area contributed by atoms with Crippen LogP contribution in [0, 0.1) is 69.2 Å². The Morgan fingerprint density at radius 3 is 2.27 bits per heavy atom. The first-order chi connectivity index (χ1) is 17.2. The third kappa shape index (κ3) is 3.05. The van der Waals surface area contributed by atoms with E-state index in [2.05, 4.69) is 39.5 Å². The summed E-state index contributed by atoms with van der Waals surface area (Å²) in [5.74, 6) is 0.863. The van der Waals surface area contributed by atoms with Gasteiger partial charge in [-0.3, -0.25) is 9.59 Å². The van der Waals surface area contributed by atoms with E-state index in [-0.39, 0.29) is 57.9 Å². The lowest BCUT2D eigenvalue weighted by atomic mass is 9.31. The lowest BCUT2D eigenvalue weighted by Crippen LogP contribution is -2.69. The lowest BCUT2D eigenvalue weighted by molar-refractivity contribution is -0.230. The molecule has 10 atom stereocenters. The van der Waals surface area contributed by atoms with Crippen LogP contribution in [0.1, 0.15) is 93.4 Å². The Morgan fingerprint density at radius 2 is 1.65 bits per heavy atom. The maximum atomic E-state index is 14.5. The summed E-state index contributed by atoms with van der Waals surface area (Å²) in [6, 6.07) is 0. The van der Waals surface area contributed by atoms with E-state index in [1.807, 2.05) is 19.9 Å². The van der Waals surface area contributed by atoms with Crippen LogP contribution in [-0.4, -0.2) is 24.6 Å². The van der Waals surface area contributed by atoms with Gasteiger partial charge in [-0.2, -0.15) is 0 Å². The summed E-state index contributed by atoms with van der Waals surface area (Å²) in [6.07, 6.45) is 7.73. The van der Waals surface area contributed by atoms with Crippen molar-refractivity contribution in [2.24, 2.45) is 62.6 Å². The number of esters is 1. The van der Waals surface area contributed by atoms with Crippen LogP contribution in [0.2, 0.25) is 0 Å². The van der Waals surface area contributed by atoms with Crippen molar-refractivity contribution in [1.29, 1.82) is 0 Å². The Balaban J connectivity index is 1.66. The zero-order valence-corrected chi connectivity index (χ0v) is 24.1. The van der Waals surface area contributed by atoms with Gasteiger partial charge in [0.05, 0.1) is 19.1 Å². The molecule has 202 valence electrons. The molecule has 0 amide bonds. The van der Waals surface area contributed by atoms with E-state index in [4.69, 9.17) is 11.3 Å². The first-order valence-corrected chi connectivity index (χ1v) is 14.4. The van der Waals surface area contributed by atoms with Gasteiger partial charge < -0.3 is 9.53 Å². The molecule has 0 heterocycles. The van der Waals surface area contributed by atoms with Crippen LogP contribution >= 0.6 is 0 Å². The van der Waals surface area contributed by atoms with Crippen LogP contribution in [0.15, 0.2) is 11.8 Å². The van der Waals surface area contributed by atoms with Crippen molar-refractivity contribution in [2.75, 3.05) is 7.11 Å². The molecular formula is C32H45NO4. The average Bonchev–Trinajstić information content (AvgIpc) is 2.85. The Morgan fingerprint density at radius 1 is 0.973 bits per heavy atom. The van der Waals surface area contributed by atoms with Crippen LogP contribution in [0.4, 0.5) is 0 Å². The number of rotatable bonds is 1. The van der Waals surface area contributed by atoms with E-state index in [9.17, 15) is 14.4 Å². The van der Waals surface area contributed by atoms with Gasteiger partial charge in [0.25, 0.3) is 0 Å². The first-order valence-electron chi connectivity index (χ1n) is 14.4. The van der Waals surface area contributed by atoms with Crippen molar-refractivity contribution in [3.8, 4) is 0 Å². The van der Waals surface area contributed by atoms with Crippen LogP contribution in [0.25, 0.3) is 4.85 Å². The van der Waals surface area contributed by atoms with Gasteiger partial charge in [0.2, 0.25) is 5.70 Å². The Kier molecular flexibility index (Phi) is 5.78. The molecule has 0 saturated heterocycles. The van der Waals surface area contributed by atoms with Gasteiger partial charge in [-0.25, -0.2) is 4.85 Å². The fourth-order valence-electron chi connectivity index (χ4n) is 11.0. The van der Waals surface area contributed by atoms with Gasteiger partial charge in [0.15, 0.2) is 5.78 Å². The number of Topliss-reactive ketones (excluding diaryl/α,β-unsaturated/α-hetero) is 2. The molecule has 0 aromatic rings. The molecule has 0 aromatic heterocycles. The summed E-state index contributed by atoms with van der Waals surface area (Å²) >= 11 is 0. The van der Waals surface area contributed by atoms with Crippen molar-refractivity contribution < 1.29 is 19.1 Å². The molecule has 4 fully saturated rings. The molecule has 0 unspecified atom stereocenters. The summed E-state index contributed by atoms with van der Waals surface area (Å²) in [5, 5.41) is 0. The number of carbonyl (C=O) groups is 3. The predicted octanol–water partition coefficient (Wildman–Crippen LogP) is 6.67. The predicted molar refractivity (Wildman–Crippen MR) is 142 cm³/mol. The van der Waals surface area contributed by atoms with E-state index in [1.165, 1.54) is 7.11 Å². The number of carbonyl (C=O) groups excluding carboxylic acids is 3. The highest BCUT2D eigenvalue weighted by molar-refractivity contribution is 6.02. The molecule has 0 N–H and O–H groups in total. The maximum absolute atomic E-state index is 14.5. The Labute approximate surface area is 223 Å². The largest absolute Gasteiger partial charge is 0.469 e. The molecular weight excluding hydrogens is 462 g/mol. The van der Waals surface area contributed by atoms with E-state index in [1.54, 1.807) is 0 Å². The highest BCUT2D eigenvalue weighted by atomic mass is 16.5. The summed E-state index contributed by atoms with van der Waals surface area (Å²) in [7, 11) is 1.50. The molecule has 5 nitrogen and oxygen atoms in total. The van der Waals surface area contributed by atoms with Crippen LogP contribution in [-0.2, 0) is 19.1 Å². The fraction of sp³-hybridized carbons (Fsp3) is 0.812. The number of hydrogen-bond donors (Lipinski definition) is 0. The Hall–Kier alpha value is -1.96. The van der Waals surface area contributed by atoms with Crippen molar-refractivity contribution in [3.63, 3.8) is 0 Å². The van der Waals surface area contributed by atoms with Crippen molar-refractivity contribution in [2.45, 2.75) is 93.4 Å². The standard InChI is InChI=1S/C32H45NO4/c1-18-10-13-32(27(36)37-9)15-14-31(7)25(24(32)19(18)2)21(34)16-23-29(5)17-20(33-8)26(35)28(3,4)22(29)11-12-30(23,31)6/h17-19,22-25H,10-16H2,1-7,9H3/t18-,19+,22+,23-,24+,25-,29+,30-,31-,32+/m1/s1. The maximum Gasteiger partial charge on any atom is 0.312 e. The van der Waals surface area contributed by atoms with Gasteiger partial charge in [-0.1, -0.05) is 54.5 Å². The van der Waals surface area contributed by atoms with Gasteiger partial charge >= 0.3 is 5.97 Å². The second-order valence-corrected chi connectivity index (χ2v) is 14.7. The fourth-order valence-corrected chi connectivity index (χ4v) is 11.0. The van der Waals surface area contributed by atoms with Crippen LogP contribution in [0.3, 0.4) is 0 Å². The highest BCUT2D eigenvalue weighted by Gasteiger charge is 2.73. The molecule has 5 aliphatic rings.